The lowest BCUT2D eigenvalue weighted by atomic mass is 9.98. The molecule has 1 unspecified atom stereocenters. The van der Waals surface area contributed by atoms with Gasteiger partial charge in [-0.15, -0.1) is 0 Å². The lowest BCUT2D eigenvalue weighted by molar-refractivity contribution is -0.139. The van der Waals surface area contributed by atoms with Gasteiger partial charge in [0.25, 0.3) is 10.1 Å². The Morgan fingerprint density at radius 2 is 1.71 bits per heavy atom. The maximum Gasteiger partial charge on any atom is 0.500 e. The van der Waals surface area contributed by atoms with Gasteiger partial charge in [0.2, 0.25) is 0 Å². The van der Waals surface area contributed by atoms with E-state index in [1.54, 1.807) is 31.2 Å². The van der Waals surface area contributed by atoms with Crippen molar-refractivity contribution in [2.45, 2.75) is 32.2 Å². The molecule has 1 aromatic rings. The minimum absolute atomic E-state index is 0.105. The zero-order valence-corrected chi connectivity index (χ0v) is 20.3. The molecule has 0 saturated heterocycles. The van der Waals surface area contributed by atoms with Gasteiger partial charge in [0.05, 0.1) is 11.5 Å². The number of allylic oxidation sites excluding steroid dienone is 1. The van der Waals surface area contributed by atoms with Crippen LogP contribution in [-0.2, 0) is 32.9 Å². The smallest absolute Gasteiger partial charge is 0.462 e. The third-order valence-corrected chi connectivity index (χ3v) is 8.63. The van der Waals surface area contributed by atoms with Crippen LogP contribution in [0.1, 0.15) is 31.7 Å². The summed E-state index contributed by atoms with van der Waals surface area (Å²) in [6.07, 6.45) is 2.53. The molecule has 0 aliphatic rings. The van der Waals surface area contributed by atoms with E-state index in [2.05, 4.69) is 6.58 Å². The molecule has 0 aliphatic heterocycles. The summed E-state index contributed by atoms with van der Waals surface area (Å²) in [6.45, 7) is 5.18. The van der Waals surface area contributed by atoms with E-state index in [1.807, 2.05) is 6.07 Å². The van der Waals surface area contributed by atoms with E-state index in [0.29, 0.717) is 30.9 Å². The van der Waals surface area contributed by atoms with Crippen LogP contribution in [0.3, 0.4) is 0 Å². The van der Waals surface area contributed by atoms with Gasteiger partial charge >= 0.3 is 14.8 Å². The predicted octanol–water partition coefficient (Wildman–Crippen LogP) is 3.70. The summed E-state index contributed by atoms with van der Waals surface area (Å²) in [5, 5.41) is 0. The highest BCUT2D eigenvalue weighted by atomic mass is 32.2. The highest BCUT2D eigenvalue weighted by molar-refractivity contribution is 7.90. The third kappa shape index (κ3) is 9.05. The fraction of sp³-hybridized carbons (Fsp3) is 0.476. The summed E-state index contributed by atoms with van der Waals surface area (Å²) in [5.74, 6) is -1.07. The summed E-state index contributed by atoms with van der Waals surface area (Å²) in [7, 11) is -3.00. The molecule has 0 heterocycles. The van der Waals surface area contributed by atoms with Crippen molar-refractivity contribution in [2.75, 3.05) is 27.9 Å². The quantitative estimate of drug-likeness (QED) is 0.144. The van der Waals surface area contributed by atoms with Crippen LogP contribution in [0.15, 0.2) is 47.4 Å². The Labute approximate surface area is 186 Å². The first kappa shape index (κ1) is 27.2. The topological polar surface area (TPSA) is 108 Å². The Morgan fingerprint density at radius 1 is 1.13 bits per heavy atom. The maximum atomic E-state index is 12.2. The van der Waals surface area contributed by atoms with Crippen LogP contribution in [0.25, 0.3) is 6.08 Å². The van der Waals surface area contributed by atoms with Crippen LogP contribution in [-0.4, -0.2) is 55.7 Å². The van der Waals surface area contributed by atoms with Crippen molar-refractivity contribution < 1.29 is 35.8 Å². The standard InChI is InChI=1S/C21H32O8SSi/c1-17(2)21(22)29-14-9-12-19(13-15-31(26-3,27-4)28-5)20(30(23,24)25)16-18-10-7-6-8-11-18/h6-8,10-11,16,19H,1,9,12-15H2,2-5H3,(H,23,24,25). The molecule has 1 aromatic carbocycles. The van der Waals surface area contributed by atoms with Gasteiger partial charge in [0.1, 0.15) is 0 Å². The molecule has 8 nitrogen and oxygen atoms in total. The van der Waals surface area contributed by atoms with E-state index < -0.39 is 30.8 Å². The number of carbonyl (C=O) groups is 1. The minimum atomic E-state index is -4.48. The van der Waals surface area contributed by atoms with E-state index in [0.717, 1.165) is 0 Å². The fourth-order valence-corrected chi connectivity index (χ4v) is 5.83. The number of hydrogen-bond donors (Lipinski definition) is 1. The van der Waals surface area contributed by atoms with Crippen LogP contribution in [0.2, 0.25) is 6.04 Å². The molecule has 0 fully saturated rings. The zero-order valence-electron chi connectivity index (χ0n) is 18.5. The second-order valence-corrected chi connectivity index (χ2v) is 11.5. The minimum Gasteiger partial charge on any atom is -0.462 e. The van der Waals surface area contributed by atoms with Crippen molar-refractivity contribution in [2.24, 2.45) is 5.92 Å². The van der Waals surface area contributed by atoms with Crippen molar-refractivity contribution >= 4 is 31.0 Å². The van der Waals surface area contributed by atoms with Crippen LogP contribution in [0.5, 0.6) is 0 Å². The first-order valence-corrected chi connectivity index (χ1v) is 13.2. The van der Waals surface area contributed by atoms with Crippen molar-refractivity contribution in [1.82, 2.24) is 0 Å². The molecule has 0 amide bonds. The molecule has 1 N–H and O–H groups in total. The van der Waals surface area contributed by atoms with Gasteiger partial charge in [-0.25, -0.2) is 4.79 Å². The first-order valence-electron chi connectivity index (χ1n) is 9.80. The van der Waals surface area contributed by atoms with Crippen LogP contribution >= 0.6 is 0 Å². The second-order valence-electron chi connectivity index (χ2n) is 7.02. The Bertz CT molecular complexity index is 839. The van der Waals surface area contributed by atoms with Crippen LogP contribution in [0, 0.1) is 5.92 Å². The number of hydrogen-bond acceptors (Lipinski definition) is 7. The third-order valence-electron chi connectivity index (χ3n) is 4.82. The van der Waals surface area contributed by atoms with Gasteiger partial charge in [-0.2, -0.15) is 8.42 Å². The van der Waals surface area contributed by atoms with Gasteiger partial charge in [0, 0.05) is 32.9 Å². The van der Waals surface area contributed by atoms with Gasteiger partial charge in [0.15, 0.2) is 0 Å². The summed E-state index contributed by atoms with van der Waals surface area (Å²) in [6, 6.07) is 9.20. The van der Waals surface area contributed by atoms with Crippen molar-refractivity contribution in [3.8, 4) is 0 Å². The molecule has 0 aliphatic carbocycles. The van der Waals surface area contributed by atoms with Gasteiger partial charge in [-0.05, 0) is 43.7 Å². The largest absolute Gasteiger partial charge is 0.500 e. The molecule has 0 radical (unpaired) electrons. The first-order chi connectivity index (χ1) is 14.6. The van der Waals surface area contributed by atoms with Crippen LogP contribution in [0.4, 0.5) is 0 Å². The Kier molecular flexibility index (Phi) is 11.3. The van der Waals surface area contributed by atoms with E-state index in [1.165, 1.54) is 27.4 Å². The molecule has 0 aromatic heterocycles. The van der Waals surface area contributed by atoms with E-state index in [9.17, 15) is 17.8 Å². The Morgan fingerprint density at radius 3 is 2.19 bits per heavy atom. The van der Waals surface area contributed by atoms with E-state index in [-0.39, 0.29) is 17.1 Å². The summed E-state index contributed by atoms with van der Waals surface area (Å²) < 4.78 is 55.9. The highest BCUT2D eigenvalue weighted by Crippen LogP contribution is 2.31. The zero-order chi connectivity index (χ0) is 23.5. The number of carbonyl (C=O) groups excluding carboxylic acids is 1. The molecule has 0 saturated carbocycles. The average Bonchev–Trinajstić information content (AvgIpc) is 2.74. The molecule has 31 heavy (non-hydrogen) atoms. The fourth-order valence-electron chi connectivity index (χ4n) is 3.07. The van der Waals surface area contributed by atoms with Crippen molar-refractivity contribution in [3.63, 3.8) is 0 Å². The lowest BCUT2D eigenvalue weighted by Crippen LogP contribution is -2.43. The summed E-state index contributed by atoms with van der Waals surface area (Å²) in [5.41, 5.74) is 0.929. The van der Waals surface area contributed by atoms with Crippen LogP contribution < -0.4 is 0 Å². The molecule has 10 heteroatoms. The number of benzene rings is 1. The van der Waals surface area contributed by atoms with Crippen molar-refractivity contribution in [1.29, 1.82) is 0 Å². The van der Waals surface area contributed by atoms with E-state index in [4.69, 9.17) is 18.0 Å². The van der Waals surface area contributed by atoms with Gasteiger partial charge in [-0.3, -0.25) is 4.55 Å². The Hall–Kier alpha value is -1.82. The number of esters is 1. The lowest BCUT2D eigenvalue weighted by Gasteiger charge is -2.27. The highest BCUT2D eigenvalue weighted by Gasteiger charge is 2.39. The second kappa shape index (κ2) is 12.9. The molecule has 1 atom stereocenters. The molecule has 0 bridgehead atoms. The SMILES string of the molecule is C=C(C)C(=O)OCCCC(CC[Si](OC)(OC)OC)C(=Cc1ccccc1)S(=O)(=O)O. The van der Waals surface area contributed by atoms with Gasteiger partial charge in [-0.1, -0.05) is 36.9 Å². The normalized spacial score (nSPS) is 13.6. The maximum absolute atomic E-state index is 12.2. The molecule has 174 valence electrons. The average molecular weight is 473 g/mol. The molecular formula is C21H32O8SSi. The number of rotatable bonds is 14. The Balaban J connectivity index is 3.13. The summed E-state index contributed by atoms with van der Waals surface area (Å²) >= 11 is 0. The predicted molar refractivity (Wildman–Crippen MR) is 121 cm³/mol. The molecule has 1 rings (SSSR count). The molecule has 0 spiro atoms. The monoisotopic (exact) mass is 472 g/mol. The van der Waals surface area contributed by atoms with Gasteiger partial charge < -0.3 is 18.0 Å². The van der Waals surface area contributed by atoms with E-state index >= 15 is 0 Å². The molecular weight excluding hydrogens is 440 g/mol. The summed E-state index contributed by atoms with van der Waals surface area (Å²) in [4.78, 5) is 11.5. The van der Waals surface area contributed by atoms with Crippen molar-refractivity contribution in [3.05, 3.63) is 53.0 Å². The number of ether oxygens (including phenoxy) is 1.